The van der Waals surface area contributed by atoms with Gasteiger partial charge in [-0.1, -0.05) is 35.9 Å². The minimum Gasteiger partial charge on any atom is -0.495 e. The number of anilines is 2. The largest absolute Gasteiger partial charge is 0.495 e. The summed E-state index contributed by atoms with van der Waals surface area (Å²) < 4.78 is 15.9. The zero-order valence-corrected chi connectivity index (χ0v) is 21.8. The van der Waals surface area contributed by atoms with E-state index in [1.807, 2.05) is 18.2 Å². The molecule has 1 heterocycles. The number of hydrogen-bond acceptors (Lipinski definition) is 7. The Morgan fingerprint density at radius 2 is 1.58 bits per heavy atom. The number of imide groups is 1. The van der Waals surface area contributed by atoms with Crippen molar-refractivity contribution in [2.45, 2.75) is 6.42 Å². The molecule has 2 N–H and O–H groups in total. The number of carbonyl (C=O) groups excluding carboxylic acids is 3. The summed E-state index contributed by atoms with van der Waals surface area (Å²) in [5.41, 5.74) is 1.96. The van der Waals surface area contributed by atoms with E-state index >= 15 is 0 Å². The molecule has 196 valence electrons. The summed E-state index contributed by atoms with van der Waals surface area (Å²) >= 11 is 6.25. The Labute approximate surface area is 224 Å². The van der Waals surface area contributed by atoms with Gasteiger partial charge in [-0.3, -0.25) is 14.4 Å². The Bertz CT molecular complexity index is 1420. The van der Waals surface area contributed by atoms with Crippen LogP contribution in [0, 0.1) is 0 Å². The van der Waals surface area contributed by atoms with E-state index in [-0.39, 0.29) is 22.3 Å². The molecule has 3 aromatic carbocycles. The maximum Gasteiger partial charge on any atom is 0.283 e. The number of carbonyl (C=O) groups is 3. The number of nitrogens with one attached hydrogen (secondary N) is 2. The van der Waals surface area contributed by atoms with Crippen molar-refractivity contribution in [3.05, 3.63) is 88.6 Å². The number of methoxy groups -OCH3 is 3. The lowest BCUT2D eigenvalue weighted by atomic mass is 10.1. The Hall–Kier alpha value is -4.50. The van der Waals surface area contributed by atoms with Crippen LogP contribution >= 0.6 is 11.6 Å². The molecule has 9 nitrogen and oxygen atoms in total. The standard InChI is InChI=1S/C28H26ClN3O6/c1-36-21-10-5-4-9-20(21)32-27(34)24(29)25(28(32)35)31-19-8-6-7-18(16-19)26(33)30-14-13-17-11-12-22(37-2)23(15-17)38-3/h4-12,15-16,31H,13-14H2,1-3H3,(H,30,33). The summed E-state index contributed by atoms with van der Waals surface area (Å²) in [7, 11) is 4.59. The maximum atomic E-state index is 13.1. The van der Waals surface area contributed by atoms with Crippen LogP contribution in [0.2, 0.25) is 0 Å². The topological polar surface area (TPSA) is 106 Å². The maximum absolute atomic E-state index is 13.1. The average Bonchev–Trinajstić information content (AvgIpc) is 3.15. The van der Waals surface area contributed by atoms with Crippen LogP contribution < -0.4 is 29.7 Å². The fourth-order valence-corrected chi connectivity index (χ4v) is 4.20. The SMILES string of the molecule is COc1ccc(CCNC(=O)c2cccc(NC3=C(Cl)C(=O)N(c4ccccc4OC)C3=O)c2)cc1OC. The van der Waals surface area contributed by atoms with E-state index in [2.05, 4.69) is 10.6 Å². The number of rotatable bonds is 10. The number of halogens is 1. The lowest BCUT2D eigenvalue weighted by molar-refractivity contribution is -0.120. The molecular formula is C28H26ClN3O6. The van der Waals surface area contributed by atoms with Crippen LogP contribution in [0.4, 0.5) is 11.4 Å². The first-order valence-electron chi connectivity index (χ1n) is 11.7. The van der Waals surface area contributed by atoms with Gasteiger partial charge in [-0.25, -0.2) is 4.90 Å². The summed E-state index contributed by atoms with van der Waals surface area (Å²) in [6.07, 6.45) is 0.585. The van der Waals surface area contributed by atoms with Gasteiger partial charge in [0.2, 0.25) is 0 Å². The van der Waals surface area contributed by atoms with Gasteiger partial charge < -0.3 is 24.8 Å². The molecule has 4 rings (SSSR count). The van der Waals surface area contributed by atoms with E-state index in [1.54, 1.807) is 62.8 Å². The molecule has 0 atom stereocenters. The molecule has 0 radical (unpaired) electrons. The Kier molecular flexibility index (Phi) is 8.18. The molecule has 0 saturated carbocycles. The van der Waals surface area contributed by atoms with E-state index < -0.39 is 11.8 Å². The number of amides is 3. The van der Waals surface area contributed by atoms with Crippen LogP contribution in [-0.2, 0) is 16.0 Å². The molecule has 3 amide bonds. The van der Waals surface area contributed by atoms with Crippen LogP contribution in [0.5, 0.6) is 17.2 Å². The summed E-state index contributed by atoms with van der Waals surface area (Å²) in [5, 5.41) is 5.52. The molecule has 1 aliphatic rings. The van der Waals surface area contributed by atoms with Crippen molar-refractivity contribution in [3.63, 3.8) is 0 Å². The molecule has 1 aliphatic heterocycles. The van der Waals surface area contributed by atoms with E-state index in [0.29, 0.717) is 41.5 Å². The third-order valence-electron chi connectivity index (χ3n) is 5.89. The van der Waals surface area contributed by atoms with Crippen molar-refractivity contribution in [1.29, 1.82) is 0 Å². The van der Waals surface area contributed by atoms with Gasteiger partial charge in [0, 0.05) is 17.8 Å². The first-order valence-corrected chi connectivity index (χ1v) is 12.0. The predicted molar refractivity (Wildman–Crippen MR) is 144 cm³/mol. The molecule has 0 fully saturated rings. The van der Waals surface area contributed by atoms with Gasteiger partial charge in [0.25, 0.3) is 17.7 Å². The molecule has 0 aliphatic carbocycles. The zero-order chi connectivity index (χ0) is 27.2. The van der Waals surface area contributed by atoms with E-state index in [1.165, 1.54) is 7.11 Å². The molecule has 0 unspecified atom stereocenters. The number of benzene rings is 3. The highest BCUT2D eigenvalue weighted by molar-refractivity contribution is 6.53. The second-order valence-corrected chi connectivity index (χ2v) is 8.59. The van der Waals surface area contributed by atoms with Gasteiger partial charge in [-0.05, 0) is 54.4 Å². The first-order chi connectivity index (χ1) is 18.4. The second kappa shape index (κ2) is 11.7. The summed E-state index contributed by atoms with van der Waals surface area (Å²) in [6.45, 7) is 0.393. The van der Waals surface area contributed by atoms with Crippen molar-refractivity contribution < 1.29 is 28.6 Å². The van der Waals surface area contributed by atoms with Gasteiger partial charge in [-0.15, -0.1) is 0 Å². The van der Waals surface area contributed by atoms with Crippen molar-refractivity contribution >= 4 is 40.7 Å². The summed E-state index contributed by atoms with van der Waals surface area (Å²) in [6, 6.07) is 18.8. The normalized spacial score (nSPS) is 13.0. The van der Waals surface area contributed by atoms with Crippen molar-refractivity contribution in [1.82, 2.24) is 5.32 Å². The minimum absolute atomic E-state index is 0.0893. The fraction of sp³-hybridized carbons (Fsp3) is 0.179. The minimum atomic E-state index is -0.673. The summed E-state index contributed by atoms with van der Waals surface area (Å²) in [5.74, 6) is 0.00733. The van der Waals surface area contributed by atoms with E-state index in [9.17, 15) is 14.4 Å². The Morgan fingerprint density at radius 3 is 2.32 bits per heavy atom. The Morgan fingerprint density at radius 1 is 0.842 bits per heavy atom. The lowest BCUT2D eigenvalue weighted by Gasteiger charge is -2.18. The molecule has 0 bridgehead atoms. The number of nitrogens with zero attached hydrogens (tertiary/aromatic N) is 1. The highest BCUT2D eigenvalue weighted by Gasteiger charge is 2.40. The van der Waals surface area contributed by atoms with Crippen LogP contribution in [0.25, 0.3) is 0 Å². The van der Waals surface area contributed by atoms with Gasteiger partial charge >= 0.3 is 0 Å². The predicted octanol–water partition coefficient (Wildman–Crippen LogP) is 4.12. The molecule has 3 aromatic rings. The monoisotopic (exact) mass is 535 g/mol. The molecule has 0 spiro atoms. The second-order valence-electron chi connectivity index (χ2n) is 8.21. The van der Waals surface area contributed by atoms with Crippen molar-refractivity contribution in [3.8, 4) is 17.2 Å². The van der Waals surface area contributed by atoms with Crippen LogP contribution in [0.15, 0.2) is 77.5 Å². The van der Waals surface area contributed by atoms with Crippen LogP contribution in [0.3, 0.4) is 0 Å². The average molecular weight is 536 g/mol. The molecule has 0 saturated heterocycles. The van der Waals surface area contributed by atoms with Gasteiger partial charge in [0.1, 0.15) is 16.5 Å². The molecule has 10 heteroatoms. The molecule has 38 heavy (non-hydrogen) atoms. The smallest absolute Gasteiger partial charge is 0.283 e. The van der Waals surface area contributed by atoms with Crippen molar-refractivity contribution in [2.75, 3.05) is 38.1 Å². The molecule has 0 aromatic heterocycles. The molecular weight excluding hydrogens is 510 g/mol. The van der Waals surface area contributed by atoms with Crippen LogP contribution in [0.1, 0.15) is 15.9 Å². The highest BCUT2D eigenvalue weighted by Crippen LogP contribution is 2.35. The van der Waals surface area contributed by atoms with Gasteiger partial charge in [0.05, 0.1) is 27.0 Å². The van der Waals surface area contributed by atoms with Gasteiger partial charge in [-0.2, -0.15) is 0 Å². The summed E-state index contributed by atoms with van der Waals surface area (Å²) in [4.78, 5) is 39.7. The van der Waals surface area contributed by atoms with Gasteiger partial charge in [0.15, 0.2) is 11.5 Å². The quantitative estimate of drug-likeness (QED) is 0.376. The number of ether oxygens (including phenoxy) is 3. The Balaban J connectivity index is 1.42. The van der Waals surface area contributed by atoms with Crippen molar-refractivity contribution in [2.24, 2.45) is 0 Å². The fourth-order valence-electron chi connectivity index (χ4n) is 3.99. The van der Waals surface area contributed by atoms with E-state index in [0.717, 1.165) is 10.5 Å². The third kappa shape index (κ3) is 5.42. The number of hydrogen-bond donors (Lipinski definition) is 2. The number of para-hydroxylation sites is 2. The first kappa shape index (κ1) is 26.6. The third-order valence-corrected chi connectivity index (χ3v) is 6.25. The van der Waals surface area contributed by atoms with E-state index in [4.69, 9.17) is 25.8 Å². The highest BCUT2D eigenvalue weighted by atomic mass is 35.5. The lowest BCUT2D eigenvalue weighted by Crippen LogP contribution is -2.32. The zero-order valence-electron chi connectivity index (χ0n) is 21.0. The van der Waals surface area contributed by atoms with Crippen LogP contribution in [-0.4, -0.2) is 45.6 Å².